The van der Waals surface area contributed by atoms with Crippen molar-refractivity contribution < 1.29 is 24.0 Å². The summed E-state index contributed by atoms with van der Waals surface area (Å²) < 4.78 is 10.1. The molecule has 35 heavy (non-hydrogen) atoms. The van der Waals surface area contributed by atoms with Crippen LogP contribution in [0.2, 0.25) is 0 Å². The van der Waals surface area contributed by atoms with Crippen molar-refractivity contribution in [2.24, 2.45) is 4.99 Å². The van der Waals surface area contributed by atoms with Gasteiger partial charge in [-0.05, 0) is 44.0 Å². The van der Waals surface area contributed by atoms with E-state index in [0.717, 1.165) is 10.5 Å². The molecule has 0 spiro atoms. The van der Waals surface area contributed by atoms with Crippen LogP contribution in [-0.4, -0.2) is 40.5 Å². The number of hydrogen-bond donors (Lipinski definition) is 0. The molecule has 10 heteroatoms. The second-order valence-electron chi connectivity index (χ2n) is 7.58. The second kappa shape index (κ2) is 12.0. The van der Waals surface area contributed by atoms with E-state index < -0.39 is 21.7 Å². The maximum atomic E-state index is 12.3. The molecule has 0 saturated heterocycles. The first-order valence-corrected chi connectivity index (χ1v) is 12.3. The Bertz CT molecular complexity index is 1150. The van der Waals surface area contributed by atoms with Gasteiger partial charge in [-0.1, -0.05) is 36.0 Å². The van der Waals surface area contributed by atoms with E-state index in [1.807, 2.05) is 24.3 Å². The Labute approximate surface area is 212 Å². The summed E-state index contributed by atoms with van der Waals surface area (Å²) in [5, 5.41) is 10.9. The number of nitro benzene ring substituents is 1. The fourth-order valence-corrected chi connectivity index (χ4v) is 5.46. The molecular formula is C25H25ClN2O6S. The van der Waals surface area contributed by atoms with Crippen LogP contribution in [0.1, 0.15) is 32.3 Å². The van der Waals surface area contributed by atoms with E-state index in [-0.39, 0.29) is 37.7 Å². The number of ether oxygens (including phenoxy) is 2. The molecule has 184 valence electrons. The number of alkyl halides is 1. The molecule has 0 aliphatic carbocycles. The van der Waals surface area contributed by atoms with Gasteiger partial charge in [-0.25, -0.2) is 9.79 Å². The molecule has 1 heterocycles. The van der Waals surface area contributed by atoms with Gasteiger partial charge >= 0.3 is 11.9 Å². The van der Waals surface area contributed by atoms with Gasteiger partial charge in [0.1, 0.15) is 0 Å². The van der Waals surface area contributed by atoms with Crippen molar-refractivity contribution in [1.29, 1.82) is 0 Å². The number of allylic oxidation sites excluding steroid dienone is 1. The van der Waals surface area contributed by atoms with E-state index in [4.69, 9.17) is 26.1 Å². The minimum atomic E-state index is -0.944. The number of esters is 2. The number of para-hydroxylation sites is 1. The van der Waals surface area contributed by atoms with Gasteiger partial charge in [-0.2, -0.15) is 0 Å². The van der Waals surface area contributed by atoms with Crippen LogP contribution in [0.25, 0.3) is 0 Å². The Kier molecular flexibility index (Phi) is 9.06. The average Bonchev–Trinajstić information content (AvgIpc) is 3.15. The largest absolute Gasteiger partial charge is 0.466 e. The molecule has 0 aromatic heterocycles. The Morgan fingerprint density at radius 1 is 1.14 bits per heavy atom. The number of nitrogens with zero attached hydrogens (tertiary/aromatic N) is 2. The van der Waals surface area contributed by atoms with E-state index in [1.54, 1.807) is 32.1 Å². The highest BCUT2D eigenvalue weighted by Gasteiger charge is 2.48. The molecule has 0 fully saturated rings. The van der Waals surface area contributed by atoms with Crippen molar-refractivity contribution in [3.05, 3.63) is 76.4 Å². The van der Waals surface area contributed by atoms with Gasteiger partial charge in [0.2, 0.25) is 0 Å². The van der Waals surface area contributed by atoms with Crippen LogP contribution in [0, 0.1) is 10.1 Å². The highest BCUT2D eigenvalue weighted by atomic mass is 35.5. The third-order valence-electron chi connectivity index (χ3n) is 5.44. The molecule has 8 nitrogen and oxygen atoms in total. The number of aliphatic imine (C=N–C) groups is 1. The third-order valence-corrected chi connectivity index (χ3v) is 7.11. The summed E-state index contributed by atoms with van der Waals surface area (Å²) in [6.07, 6.45) is 3.20. The number of carbonyl (C=O) groups excluding carboxylic acids is 2. The van der Waals surface area contributed by atoms with Crippen molar-refractivity contribution in [1.82, 2.24) is 0 Å². The number of benzene rings is 2. The Morgan fingerprint density at radius 2 is 1.83 bits per heavy atom. The van der Waals surface area contributed by atoms with E-state index in [2.05, 4.69) is 0 Å². The minimum absolute atomic E-state index is 0.0211. The van der Waals surface area contributed by atoms with Crippen molar-refractivity contribution >= 4 is 51.7 Å². The quantitative estimate of drug-likeness (QED) is 0.130. The van der Waals surface area contributed by atoms with Crippen molar-refractivity contribution in [3.63, 3.8) is 0 Å². The average molecular weight is 517 g/mol. The van der Waals surface area contributed by atoms with Crippen LogP contribution in [-0.2, 0) is 24.5 Å². The number of thioether (sulfide) groups is 1. The zero-order valence-corrected chi connectivity index (χ0v) is 20.9. The predicted molar refractivity (Wildman–Crippen MR) is 135 cm³/mol. The highest BCUT2D eigenvalue weighted by molar-refractivity contribution is 8.14. The maximum absolute atomic E-state index is 12.3. The fourth-order valence-electron chi connectivity index (χ4n) is 3.83. The Morgan fingerprint density at radius 3 is 2.49 bits per heavy atom. The minimum Gasteiger partial charge on any atom is -0.466 e. The molecule has 2 aromatic carbocycles. The maximum Gasteiger partial charge on any atom is 0.330 e. The van der Waals surface area contributed by atoms with Gasteiger partial charge in [0.15, 0.2) is 0 Å². The predicted octanol–water partition coefficient (Wildman–Crippen LogP) is 5.74. The molecule has 1 aliphatic rings. The summed E-state index contributed by atoms with van der Waals surface area (Å²) in [4.78, 5) is 40.4. The van der Waals surface area contributed by atoms with Crippen molar-refractivity contribution in [2.45, 2.75) is 42.4 Å². The molecule has 1 aliphatic heterocycles. The van der Waals surface area contributed by atoms with E-state index >= 15 is 0 Å². The molecule has 2 atom stereocenters. The van der Waals surface area contributed by atoms with E-state index in [9.17, 15) is 19.7 Å². The summed E-state index contributed by atoms with van der Waals surface area (Å²) in [6.45, 7) is 3.94. The summed E-state index contributed by atoms with van der Waals surface area (Å²) in [6, 6.07) is 13.6. The SMILES string of the molecule is CCOC(=O)/C=C/[C@H](Cl)[C@@]1(CCC(=O)OCC)C(Sc2ccc([N+](=O)[O-])cc2)=Nc2ccccc21. The van der Waals surface area contributed by atoms with Crippen LogP contribution in [0.3, 0.4) is 0 Å². The highest BCUT2D eigenvalue weighted by Crippen LogP contribution is 2.51. The second-order valence-corrected chi connectivity index (χ2v) is 9.11. The van der Waals surface area contributed by atoms with Crippen LogP contribution >= 0.6 is 23.4 Å². The Hall–Kier alpha value is -3.17. The van der Waals surface area contributed by atoms with Crippen LogP contribution in [0.5, 0.6) is 0 Å². The molecule has 0 amide bonds. The first-order valence-electron chi connectivity index (χ1n) is 11.1. The summed E-state index contributed by atoms with van der Waals surface area (Å²) in [5.41, 5.74) is 0.561. The van der Waals surface area contributed by atoms with Gasteiger partial charge < -0.3 is 9.47 Å². The molecular weight excluding hydrogens is 492 g/mol. The first kappa shape index (κ1) is 26.4. The van der Waals surface area contributed by atoms with Gasteiger partial charge in [-0.15, -0.1) is 11.6 Å². The van der Waals surface area contributed by atoms with E-state index in [0.29, 0.717) is 10.7 Å². The normalized spacial score (nSPS) is 17.5. The number of nitro groups is 1. The zero-order valence-electron chi connectivity index (χ0n) is 19.3. The lowest BCUT2D eigenvalue weighted by Gasteiger charge is -2.34. The van der Waals surface area contributed by atoms with E-state index in [1.165, 1.54) is 30.0 Å². The molecule has 0 unspecified atom stereocenters. The molecule has 0 N–H and O–H groups in total. The summed E-state index contributed by atoms with van der Waals surface area (Å²) in [5.74, 6) is -0.888. The first-order chi connectivity index (χ1) is 16.8. The number of non-ortho nitro benzene ring substituents is 1. The summed E-state index contributed by atoms with van der Waals surface area (Å²) in [7, 11) is 0. The van der Waals surface area contributed by atoms with Crippen molar-refractivity contribution in [3.8, 4) is 0 Å². The molecule has 0 radical (unpaired) electrons. The number of hydrogen-bond acceptors (Lipinski definition) is 8. The fraction of sp³-hybridized carbons (Fsp3) is 0.320. The van der Waals surface area contributed by atoms with Gasteiger partial charge in [0.25, 0.3) is 5.69 Å². The van der Waals surface area contributed by atoms with Crippen LogP contribution < -0.4 is 0 Å². The number of carbonyl (C=O) groups is 2. The van der Waals surface area contributed by atoms with Gasteiger partial charge in [0, 0.05) is 29.5 Å². The standard InChI is InChI=1S/C25H25ClN2O6S/c1-3-33-22(29)14-13-21(26)25(16-15-23(30)34-4-2)19-7-5-6-8-20(19)27-24(25)35-18-11-9-17(10-12-18)28(31)32/h5-14,21H,3-4,15-16H2,1-2H3/b14-13+/t21-,25-/m0/s1. The molecule has 3 rings (SSSR count). The van der Waals surface area contributed by atoms with Gasteiger partial charge in [-0.3, -0.25) is 14.9 Å². The molecule has 0 bridgehead atoms. The van der Waals surface area contributed by atoms with Gasteiger partial charge in [0.05, 0.1) is 39.7 Å². The van der Waals surface area contributed by atoms with Crippen LogP contribution in [0.15, 0.2) is 70.6 Å². The Balaban J connectivity index is 2.04. The molecule has 0 saturated carbocycles. The summed E-state index contributed by atoms with van der Waals surface area (Å²) >= 11 is 8.29. The number of halogens is 1. The monoisotopic (exact) mass is 516 g/mol. The lowest BCUT2D eigenvalue weighted by molar-refractivity contribution is -0.384. The lowest BCUT2D eigenvalue weighted by Crippen LogP contribution is -2.40. The topological polar surface area (TPSA) is 108 Å². The van der Waals surface area contributed by atoms with Crippen molar-refractivity contribution in [2.75, 3.05) is 13.2 Å². The smallest absolute Gasteiger partial charge is 0.330 e. The zero-order chi connectivity index (χ0) is 25.4. The van der Waals surface area contributed by atoms with Crippen LogP contribution in [0.4, 0.5) is 11.4 Å². The lowest BCUT2D eigenvalue weighted by atomic mass is 9.75. The molecule has 2 aromatic rings. The number of rotatable bonds is 10. The third kappa shape index (κ3) is 6.10. The number of fused-ring (bicyclic) bond motifs is 1.